The minimum atomic E-state index is 0.295. The van der Waals surface area contributed by atoms with Crippen molar-refractivity contribution in [1.82, 2.24) is 0 Å². The normalized spacial score (nSPS) is 25.5. The minimum absolute atomic E-state index is 0.295. The number of piperidine rings is 1. The highest BCUT2D eigenvalue weighted by atomic mass is 16.6. The summed E-state index contributed by atoms with van der Waals surface area (Å²) in [5.74, 6) is 0.626. The van der Waals surface area contributed by atoms with E-state index in [1.54, 1.807) is 0 Å². The van der Waals surface area contributed by atoms with Gasteiger partial charge in [0.05, 0.1) is 37.3 Å². The fraction of sp³-hybridized carbons (Fsp3) is 0.600. The van der Waals surface area contributed by atoms with Crippen LogP contribution in [0.15, 0.2) is 24.3 Å². The summed E-state index contributed by atoms with van der Waals surface area (Å²) in [6.07, 6.45) is 2.61. The molecule has 2 saturated heterocycles. The molecule has 104 valence electrons. The first-order valence-corrected chi connectivity index (χ1v) is 7.13. The van der Waals surface area contributed by atoms with Gasteiger partial charge in [-0.25, -0.2) is 0 Å². The molecule has 1 aromatic rings. The Morgan fingerprint density at radius 2 is 1.89 bits per heavy atom. The summed E-state index contributed by atoms with van der Waals surface area (Å²) in [4.78, 5) is 2.38. The molecule has 1 unspecified atom stereocenters. The minimum Gasteiger partial charge on any atom is -0.397 e. The molecule has 1 aromatic carbocycles. The second kappa shape index (κ2) is 5.80. The molecule has 1 atom stereocenters. The van der Waals surface area contributed by atoms with Crippen LogP contribution in [-0.4, -0.2) is 39.0 Å². The van der Waals surface area contributed by atoms with Crippen LogP contribution < -0.4 is 10.6 Å². The van der Waals surface area contributed by atoms with Crippen molar-refractivity contribution in [1.29, 1.82) is 0 Å². The van der Waals surface area contributed by atoms with Crippen molar-refractivity contribution in [3.05, 3.63) is 24.3 Å². The molecular weight excluding hydrogens is 240 g/mol. The van der Waals surface area contributed by atoms with Crippen LogP contribution in [0, 0.1) is 5.92 Å². The average Bonchev–Trinajstić information content (AvgIpc) is 2.49. The van der Waals surface area contributed by atoms with Crippen LogP contribution in [0.4, 0.5) is 11.4 Å². The van der Waals surface area contributed by atoms with Gasteiger partial charge < -0.3 is 20.1 Å². The van der Waals surface area contributed by atoms with Gasteiger partial charge in [-0.05, 0) is 30.9 Å². The Labute approximate surface area is 114 Å². The van der Waals surface area contributed by atoms with Crippen molar-refractivity contribution >= 4 is 11.4 Å². The zero-order chi connectivity index (χ0) is 13.1. The van der Waals surface area contributed by atoms with E-state index in [0.29, 0.717) is 12.0 Å². The fourth-order valence-corrected chi connectivity index (χ4v) is 3.07. The number of anilines is 2. The molecule has 0 bridgehead atoms. The molecule has 0 aromatic heterocycles. The molecule has 2 N–H and O–H groups in total. The number of hydrogen-bond donors (Lipinski definition) is 1. The number of nitrogens with zero attached hydrogens (tertiary/aromatic N) is 1. The van der Waals surface area contributed by atoms with Crippen molar-refractivity contribution in [3.63, 3.8) is 0 Å². The van der Waals surface area contributed by atoms with Crippen LogP contribution in [0.5, 0.6) is 0 Å². The summed E-state index contributed by atoms with van der Waals surface area (Å²) < 4.78 is 11.3. The summed E-state index contributed by atoms with van der Waals surface area (Å²) in [5, 5.41) is 0. The fourth-order valence-electron chi connectivity index (χ4n) is 3.07. The molecule has 2 heterocycles. The van der Waals surface area contributed by atoms with Gasteiger partial charge in [0.25, 0.3) is 0 Å². The van der Waals surface area contributed by atoms with Gasteiger partial charge in [0.15, 0.2) is 0 Å². The predicted octanol–water partition coefficient (Wildman–Crippen LogP) is 1.90. The molecule has 19 heavy (non-hydrogen) atoms. The monoisotopic (exact) mass is 262 g/mol. The van der Waals surface area contributed by atoms with Crippen molar-refractivity contribution in [2.45, 2.75) is 18.9 Å². The zero-order valence-electron chi connectivity index (χ0n) is 11.3. The predicted molar refractivity (Wildman–Crippen MR) is 76.4 cm³/mol. The number of benzene rings is 1. The molecule has 0 spiro atoms. The third-order valence-electron chi connectivity index (χ3n) is 4.18. The molecule has 2 aliphatic heterocycles. The lowest BCUT2D eigenvalue weighted by atomic mass is 9.91. The van der Waals surface area contributed by atoms with Gasteiger partial charge in [-0.3, -0.25) is 0 Å². The van der Waals surface area contributed by atoms with Crippen LogP contribution in [-0.2, 0) is 9.47 Å². The SMILES string of the molecule is Nc1ccccc1N1CCC(C2COCCO2)CC1. The maximum Gasteiger partial charge on any atom is 0.0839 e. The van der Waals surface area contributed by atoms with E-state index in [4.69, 9.17) is 15.2 Å². The second-order valence-electron chi connectivity index (χ2n) is 5.37. The topological polar surface area (TPSA) is 47.7 Å². The number of nitrogens with two attached hydrogens (primary N) is 1. The van der Waals surface area contributed by atoms with Gasteiger partial charge >= 0.3 is 0 Å². The summed E-state index contributed by atoms with van der Waals surface area (Å²) in [7, 11) is 0. The Morgan fingerprint density at radius 3 is 2.58 bits per heavy atom. The maximum absolute atomic E-state index is 6.04. The molecule has 2 aliphatic rings. The lowest BCUT2D eigenvalue weighted by Crippen LogP contribution is -2.42. The third kappa shape index (κ3) is 2.85. The lowest BCUT2D eigenvalue weighted by molar-refractivity contribution is -0.114. The Balaban J connectivity index is 1.58. The molecule has 4 heteroatoms. The number of rotatable bonds is 2. The highest BCUT2D eigenvalue weighted by Crippen LogP contribution is 2.30. The molecule has 0 radical (unpaired) electrons. The van der Waals surface area contributed by atoms with Crippen molar-refractivity contribution in [2.24, 2.45) is 5.92 Å². The van der Waals surface area contributed by atoms with Gasteiger partial charge in [0.2, 0.25) is 0 Å². The van der Waals surface area contributed by atoms with E-state index < -0.39 is 0 Å². The van der Waals surface area contributed by atoms with E-state index in [-0.39, 0.29) is 0 Å². The first-order chi connectivity index (χ1) is 9.34. The standard InChI is InChI=1S/C15H22N2O2/c16-13-3-1-2-4-14(13)17-7-5-12(6-8-17)15-11-18-9-10-19-15/h1-4,12,15H,5-11,16H2. The van der Waals surface area contributed by atoms with E-state index in [1.807, 2.05) is 12.1 Å². The average molecular weight is 262 g/mol. The van der Waals surface area contributed by atoms with E-state index in [0.717, 1.165) is 51.4 Å². The van der Waals surface area contributed by atoms with Gasteiger partial charge in [0.1, 0.15) is 0 Å². The Hall–Kier alpha value is -1.26. The van der Waals surface area contributed by atoms with Gasteiger partial charge in [-0.1, -0.05) is 12.1 Å². The summed E-state index contributed by atoms with van der Waals surface area (Å²) >= 11 is 0. The van der Waals surface area contributed by atoms with Crippen LogP contribution >= 0.6 is 0 Å². The largest absolute Gasteiger partial charge is 0.397 e. The smallest absolute Gasteiger partial charge is 0.0839 e. The summed E-state index contributed by atoms with van der Waals surface area (Å²) in [6.45, 7) is 4.36. The molecular formula is C15H22N2O2. The number of ether oxygens (including phenoxy) is 2. The quantitative estimate of drug-likeness (QED) is 0.827. The van der Waals surface area contributed by atoms with Gasteiger partial charge in [-0.15, -0.1) is 0 Å². The highest BCUT2D eigenvalue weighted by molar-refractivity contribution is 5.67. The molecule has 0 amide bonds. The molecule has 2 fully saturated rings. The van der Waals surface area contributed by atoms with Gasteiger partial charge in [-0.2, -0.15) is 0 Å². The molecule has 0 aliphatic carbocycles. The first-order valence-electron chi connectivity index (χ1n) is 7.13. The zero-order valence-corrected chi connectivity index (χ0v) is 11.3. The Bertz CT molecular complexity index is 410. The van der Waals surface area contributed by atoms with E-state index >= 15 is 0 Å². The first kappa shape index (κ1) is 12.8. The third-order valence-corrected chi connectivity index (χ3v) is 4.18. The van der Waals surface area contributed by atoms with Crippen LogP contribution in [0.3, 0.4) is 0 Å². The number of nitrogen functional groups attached to an aromatic ring is 1. The highest BCUT2D eigenvalue weighted by Gasteiger charge is 2.29. The van der Waals surface area contributed by atoms with Crippen molar-refractivity contribution in [2.75, 3.05) is 43.5 Å². The second-order valence-corrected chi connectivity index (χ2v) is 5.37. The maximum atomic E-state index is 6.04. The lowest BCUT2D eigenvalue weighted by Gasteiger charge is -2.38. The van der Waals surface area contributed by atoms with E-state index in [1.165, 1.54) is 5.69 Å². The molecule has 4 nitrogen and oxygen atoms in total. The van der Waals surface area contributed by atoms with Crippen molar-refractivity contribution < 1.29 is 9.47 Å². The number of para-hydroxylation sites is 2. The Kier molecular flexibility index (Phi) is 3.89. The molecule has 3 rings (SSSR count). The summed E-state index contributed by atoms with van der Waals surface area (Å²) in [5.41, 5.74) is 8.08. The van der Waals surface area contributed by atoms with Crippen molar-refractivity contribution in [3.8, 4) is 0 Å². The van der Waals surface area contributed by atoms with E-state index in [2.05, 4.69) is 17.0 Å². The van der Waals surface area contributed by atoms with E-state index in [9.17, 15) is 0 Å². The summed E-state index contributed by atoms with van der Waals surface area (Å²) in [6, 6.07) is 8.12. The van der Waals surface area contributed by atoms with Crippen LogP contribution in [0.1, 0.15) is 12.8 Å². The van der Waals surface area contributed by atoms with Crippen LogP contribution in [0.25, 0.3) is 0 Å². The molecule has 0 saturated carbocycles. The van der Waals surface area contributed by atoms with Crippen LogP contribution in [0.2, 0.25) is 0 Å². The number of hydrogen-bond acceptors (Lipinski definition) is 4. The Morgan fingerprint density at radius 1 is 1.11 bits per heavy atom. The van der Waals surface area contributed by atoms with Gasteiger partial charge in [0, 0.05) is 13.1 Å².